The van der Waals surface area contributed by atoms with E-state index in [9.17, 15) is 0 Å². The number of anilines is 1. The van der Waals surface area contributed by atoms with Crippen LogP contribution >= 0.6 is 0 Å². The zero-order valence-electron chi connectivity index (χ0n) is 13.3. The van der Waals surface area contributed by atoms with E-state index in [1.54, 1.807) is 0 Å². The van der Waals surface area contributed by atoms with Crippen LogP contribution in [0.1, 0.15) is 32.3 Å². The van der Waals surface area contributed by atoms with E-state index in [2.05, 4.69) is 60.2 Å². The second-order valence-corrected chi connectivity index (χ2v) is 6.31. The van der Waals surface area contributed by atoms with Crippen LogP contribution in [0.25, 0.3) is 0 Å². The highest BCUT2D eigenvalue weighted by atomic mass is 15.3. The summed E-state index contributed by atoms with van der Waals surface area (Å²) in [7, 11) is 4.29. The molecule has 0 aromatic carbocycles. The van der Waals surface area contributed by atoms with Crippen LogP contribution in [0.2, 0.25) is 0 Å². The van der Waals surface area contributed by atoms with Crippen molar-refractivity contribution in [2.75, 3.05) is 32.1 Å². The summed E-state index contributed by atoms with van der Waals surface area (Å²) in [6.45, 7) is 7.51. The van der Waals surface area contributed by atoms with Crippen molar-refractivity contribution < 1.29 is 0 Å². The topological polar surface area (TPSA) is 31.4 Å². The van der Waals surface area contributed by atoms with Crippen LogP contribution in [0.5, 0.6) is 0 Å². The third-order valence-corrected chi connectivity index (χ3v) is 3.77. The highest BCUT2D eigenvalue weighted by molar-refractivity contribution is 5.43. The number of rotatable bonds is 6. The van der Waals surface area contributed by atoms with Gasteiger partial charge in [0.15, 0.2) is 0 Å². The number of hydrogen-bond acceptors (Lipinski definition) is 4. The summed E-state index contributed by atoms with van der Waals surface area (Å²) in [5.74, 6) is 1.14. The van der Waals surface area contributed by atoms with Crippen LogP contribution in [0.4, 0.5) is 5.82 Å². The molecular weight excluding hydrogens is 248 g/mol. The van der Waals surface area contributed by atoms with Gasteiger partial charge in [-0.1, -0.05) is 13.8 Å². The van der Waals surface area contributed by atoms with Crippen molar-refractivity contribution in [3.8, 4) is 0 Å². The summed E-state index contributed by atoms with van der Waals surface area (Å²) >= 11 is 0. The molecule has 1 atom stereocenters. The van der Waals surface area contributed by atoms with Gasteiger partial charge in [-0.05, 0) is 44.6 Å². The van der Waals surface area contributed by atoms with E-state index in [1.165, 1.54) is 18.4 Å². The van der Waals surface area contributed by atoms with Crippen molar-refractivity contribution in [2.45, 2.75) is 45.3 Å². The summed E-state index contributed by atoms with van der Waals surface area (Å²) in [5.41, 5.74) is 1.32. The van der Waals surface area contributed by atoms with Gasteiger partial charge < -0.3 is 15.1 Å². The highest BCUT2D eigenvalue weighted by Crippen LogP contribution is 2.24. The molecule has 4 heteroatoms. The predicted octanol–water partition coefficient (Wildman–Crippen LogP) is 2.11. The van der Waals surface area contributed by atoms with Gasteiger partial charge >= 0.3 is 0 Å². The highest BCUT2D eigenvalue weighted by Gasteiger charge is 2.25. The molecule has 0 aliphatic carbocycles. The van der Waals surface area contributed by atoms with Gasteiger partial charge in [-0.25, -0.2) is 4.98 Å². The maximum Gasteiger partial charge on any atom is 0.129 e. The first-order chi connectivity index (χ1) is 9.56. The Morgan fingerprint density at radius 1 is 1.45 bits per heavy atom. The van der Waals surface area contributed by atoms with Gasteiger partial charge in [0, 0.05) is 37.9 Å². The fourth-order valence-corrected chi connectivity index (χ4v) is 2.80. The minimum Gasteiger partial charge on any atom is -0.352 e. The van der Waals surface area contributed by atoms with Crippen LogP contribution in [0, 0.1) is 0 Å². The summed E-state index contributed by atoms with van der Waals surface area (Å²) in [4.78, 5) is 9.33. The van der Waals surface area contributed by atoms with Gasteiger partial charge in [-0.15, -0.1) is 0 Å². The third-order valence-electron chi connectivity index (χ3n) is 3.77. The quantitative estimate of drug-likeness (QED) is 0.862. The zero-order valence-corrected chi connectivity index (χ0v) is 13.3. The van der Waals surface area contributed by atoms with E-state index in [0.29, 0.717) is 12.1 Å². The lowest BCUT2D eigenvalue weighted by Crippen LogP contribution is -2.38. The molecule has 1 aromatic rings. The van der Waals surface area contributed by atoms with Crippen LogP contribution in [-0.2, 0) is 6.54 Å². The van der Waals surface area contributed by atoms with E-state index in [-0.39, 0.29) is 0 Å². The fourth-order valence-electron chi connectivity index (χ4n) is 2.80. The van der Waals surface area contributed by atoms with Crippen molar-refractivity contribution in [3.05, 3.63) is 23.9 Å². The summed E-state index contributed by atoms with van der Waals surface area (Å²) in [6, 6.07) is 5.46. The fraction of sp³-hybridized carbons (Fsp3) is 0.688. The van der Waals surface area contributed by atoms with E-state index < -0.39 is 0 Å². The Kier molecular flexibility index (Phi) is 5.38. The second-order valence-electron chi connectivity index (χ2n) is 6.31. The Balaban J connectivity index is 2.05. The van der Waals surface area contributed by atoms with E-state index in [4.69, 9.17) is 0 Å². The van der Waals surface area contributed by atoms with Crippen LogP contribution < -0.4 is 10.2 Å². The molecule has 1 N–H and O–H groups in total. The Bertz CT molecular complexity index is 417. The van der Waals surface area contributed by atoms with Crippen molar-refractivity contribution in [2.24, 2.45) is 0 Å². The maximum absolute atomic E-state index is 4.59. The first-order valence-electron chi connectivity index (χ1n) is 7.66. The van der Waals surface area contributed by atoms with Crippen molar-refractivity contribution in [1.82, 2.24) is 15.2 Å². The van der Waals surface area contributed by atoms with Gasteiger partial charge in [0.1, 0.15) is 5.82 Å². The van der Waals surface area contributed by atoms with Gasteiger partial charge in [0.2, 0.25) is 0 Å². The minimum atomic E-state index is 0.514. The standard InChI is InChI=1S/C16H28N4/c1-13(2)18-11-14-7-8-17-16(10-14)20-9-5-6-15(20)12-19(3)4/h7-8,10,13,15,18H,5-6,9,11-12H2,1-4H3. The van der Waals surface area contributed by atoms with Crippen molar-refractivity contribution >= 4 is 5.82 Å². The SMILES string of the molecule is CC(C)NCc1ccnc(N2CCCC2CN(C)C)c1. The molecule has 1 fully saturated rings. The van der Waals surface area contributed by atoms with Gasteiger partial charge in [-0.2, -0.15) is 0 Å². The number of likely N-dealkylation sites (N-methyl/N-ethyl adjacent to an activating group) is 1. The Hall–Kier alpha value is -1.13. The Morgan fingerprint density at radius 2 is 2.25 bits per heavy atom. The molecule has 0 radical (unpaired) electrons. The predicted molar refractivity (Wildman–Crippen MR) is 85.1 cm³/mol. The Morgan fingerprint density at radius 3 is 2.95 bits per heavy atom. The zero-order chi connectivity index (χ0) is 14.5. The van der Waals surface area contributed by atoms with E-state index in [1.807, 2.05) is 6.20 Å². The molecule has 1 aliphatic rings. The van der Waals surface area contributed by atoms with Crippen molar-refractivity contribution in [3.63, 3.8) is 0 Å². The van der Waals surface area contributed by atoms with Crippen LogP contribution in [-0.4, -0.2) is 49.2 Å². The maximum atomic E-state index is 4.59. The molecule has 112 valence electrons. The lowest BCUT2D eigenvalue weighted by atomic mass is 10.2. The normalized spacial score (nSPS) is 19.3. The smallest absolute Gasteiger partial charge is 0.129 e. The van der Waals surface area contributed by atoms with E-state index in [0.717, 1.165) is 25.5 Å². The lowest BCUT2D eigenvalue weighted by molar-refractivity contribution is 0.371. The van der Waals surface area contributed by atoms with Gasteiger partial charge in [-0.3, -0.25) is 0 Å². The third kappa shape index (κ3) is 4.18. The average Bonchev–Trinajstić information content (AvgIpc) is 2.84. The van der Waals surface area contributed by atoms with Crippen molar-refractivity contribution in [1.29, 1.82) is 0 Å². The number of pyridine rings is 1. The monoisotopic (exact) mass is 276 g/mol. The molecule has 0 amide bonds. The van der Waals surface area contributed by atoms with E-state index >= 15 is 0 Å². The first kappa shape index (κ1) is 15.3. The van der Waals surface area contributed by atoms with Gasteiger partial charge in [0.05, 0.1) is 0 Å². The largest absolute Gasteiger partial charge is 0.352 e. The van der Waals surface area contributed by atoms with Crippen LogP contribution in [0.15, 0.2) is 18.3 Å². The molecule has 2 rings (SSSR count). The first-order valence-corrected chi connectivity index (χ1v) is 7.66. The molecule has 2 heterocycles. The average molecular weight is 276 g/mol. The molecule has 1 aliphatic heterocycles. The number of nitrogens with zero attached hydrogens (tertiary/aromatic N) is 3. The van der Waals surface area contributed by atoms with Crippen LogP contribution in [0.3, 0.4) is 0 Å². The lowest BCUT2D eigenvalue weighted by Gasteiger charge is -2.28. The summed E-state index contributed by atoms with van der Waals surface area (Å²) in [6.07, 6.45) is 4.49. The molecule has 0 spiro atoms. The number of nitrogens with one attached hydrogen (secondary N) is 1. The second kappa shape index (κ2) is 7.04. The molecule has 0 saturated carbocycles. The molecule has 1 aromatic heterocycles. The molecular formula is C16H28N4. The summed E-state index contributed by atoms with van der Waals surface area (Å²) < 4.78 is 0. The molecule has 1 saturated heterocycles. The molecule has 1 unspecified atom stereocenters. The number of aromatic nitrogens is 1. The molecule has 0 bridgehead atoms. The number of hydrogen-bond donors (Lipinski definition) is 1. The molecule has 4 nitrogen and oxygen atoms in total. The Labute approximate surface area is 123 Å². The molecule has 20 heavy (non-hydrogen) atoms. The summed E-state index contributed by atoms with van der Waals surface area (Å²) in [5, 5.41) is 3.47. The van der Waals surface area contributed by atoms with Gasteiger partial charge in [0.25, 0.3) is 0 Å². The minimum absolute atomic E-state index is 0.514.